The maximum atomic E-state index is 13.8. The maximum Gasteiger partial charge on any atom is 0.306 e. The monoisotopic (exact) mass is 1120 g/mol. The Bertz CT molecular complexity index is 2240. The van der Waals surface area contributed by atoms with Crippen LogP contribution < -0.4 is 0 Å². The molecule has 0 saturated heterocycles. The summed E-state index contributed by atoms with van der Waals surface area (Å²) in [4.78, 5) is 55.3. The molecule has 0 aromatic heterocycles. The largest absolute Gasteiger partial charge is 0.507 e. The van der Waals surface area contributed by atoms with Crippen LogP contribution >= 0.6 is 0 Å². The lowest BCUT2D eigenvalue weighted by Crippen LogP contribution is -2.44. The lowest BCUT2D eigenvalue weighted by Gasteiger charge is -2.31. The van der Waals surface area contributed by atoms with Crippen LogP contribution in [0.1, 0.15) is 223 Å². The van der Waals surface area contributed by atoms with Gasteiger partial charge in [-0.1, -0.05) is 153 Å². The molecular weight excluding hydrogens is 1020 g/mol. The Morgan fingerprint density at radius 3 is 0.728 bits per heavy atom. The first-order valence-corrected chi connectivity index (χ1v) is 30.8. The highest BCUT2D eigenvalue weighted by molar-refractivity contribution is 5.72. The first-order chi connectivity index (χ1) is 38.9. The fourth-order valence-electron chi connectivity index (χ4n) is 10.5. The number of phenolic OH excluding ortho intramolecular Hbond substituents is 4. The molecule has 448 valence electrons. The predicted octanol–water partition coefficient (Wildman–Crippen LogP) is 15.2. The molecule has 0 spiro atoms. The van der Waals surface area contributed by atoms with E-state index in [1.54, 1.807) is 0 Å². The molecule has 0 bridgehead atoms. The molecule has 0 unspecified atom stereocenters. The normalized spacial score (nSPS) is 11.5. The van der Waals surface area contributed by atoms with Crippen molar-refractivity contribution in [2.45, 2.75) is 235 Å². The van der Waals surface area contributed by atoms with Gasteiger partial charge in [-0.2, -0.15) is 0 Å². The summed E-state index contributed by atoms with van der Waals surface area (Å²) in [7, 11) is 0. The zero-order valence-corrected chi connectivity index (χ0v) is 50.8. The number of esters is 4. The van der Waals surface area contributed by atoms with E-state index in [9.17, 15) is 39.6 Å². The van der Waals surface area contributed by atoms with E-state index in [-0.39, 0.29) is 48.7 Å². The second-order valence-corrected chi connectivity index (χ2v) is 23.1. The summed E-state index contributed by atoms with van der Waals surface area (Å²) in [5, 5.41) is 43.5. The maximum absolute atomic E-state index is 13.8. The van der Waals surface area contributed by atoms with Crippen molar-refractivity contribution in [2.24, 2.45) is 5.41 Å². The molecule has 4 N–H and O–H groups in total. The van der Waals surface area contributed by atoms with Crippen molar-refractivity contribution in [1.29, 1.82) is 0 Å². The standard InChI is InChI=1S/C69H100O12/c1-9-13-17-21-25-57-41-53(37-49(5)65(57)74)29-33-61(70)78-45-69(46-79-62(71)34-30-54-38-50(6)66(75)58(42-54)26-22-18-14-10-2,47-80-63(72)35-31-55-39-51(7)67(76)59(43-55)27-23-19-15-11-3)48-81-64(73)36-32-56-40-52(8)68(77)60(44-56)28-24-20-16-12-4/h37-44,74-77H,9-36,45-48H2,1-8H3. The average molecular weight is 1120 g/mol. The molecule has 0 aliphatic heterocycles. The summed E-state index contributed by atoms with van der Waals surface area (Å²) in [5.74, 6) is -1.18. The highest BCUT2D eigenvalue weighted by Crippen LogP contribution is 2.32. The van der Waals surface area contributed by atoms with Gasteiger partial charge in [-0.3, -0.25) is 19.2 Å². The van der Waals surface area contributed by atoms with Crippen LogP contribution in [0.3, 0.4) is 0 Å². The smallest absolute Gasteiger partial charge is 0.306 e. The van der Waals surface area contributed by atoms with Gasteiger partial charge in [-0.25, -0.2) is 0 Å². The molecule has 4 rings (SSSR count). The summed E-state index contributed by atoms with van der Waals surface area (Å²) in [6.45, 7) is 14.4. The van der Waals surface area contributed by atoms with Crippen molar-refractivity contribution < 1.29 is 58.6 Å². The van der Waals surface area contributed by atoms with Gasteiger partial charge < -0.3 is 39.4 Å². The second-order valence-electron chi connectivity index (χ2n) is 23.1. The van der Waals surface area contributed by atoms with Crippen LogP contribution in [0, 0.1) is 33.1 Å². The number of benzene rings is 4. The molecule has 0 aliphatic carbocycles. The highest BCUT2D eigenvalue weighted by atomic mass is 16.6. The van der Waals surface area contributed by atoms with Gasteiger partial charge in [-0.05, 0) is 172 Å². The summed E-state index contributed by atoms with van der Waals surface area (Å²) in [6, 6.07) is 15.3. The van der Waals surface area contributed by atoms with Gasteiger partial charge >= 0.3 is 23.9 Å². The Morgan fingerprint density at radius 1 is 0.321 bits per heavy atom. The lowest BCUT2D eigenvalue weighted by atomic mass is 9.92. The van der Waals surface area contributed by atoms with Crippen molar-refractivity contribution in [3.8, 4) is 23.0 Å². The van der Waals surface area contributed by atoms with Crippen molar-refractivity contribution in [3.63, 3.8) is 0 Å². The number of ether oxygens (including phenoxy) is 4. The van der Waals surface area contributed by atoms with E-state index in [1.165, 1.54) is 0 Å². The molecule has 4 aromatic rings. The van der Waals surface area contributed by atoms with Crippen molar-refractivity contribution in [1.82, 2.24) is 0 Å². The number of rotatable bonds is 40. The Balaban J connectivity index is 1.60. The van der Waals surface area contributed by atoms with Crippen LogP contribution in [0.5, 0.6) is 23.0 Å². The van der Waals surface area contributed by atoms with Crippen LogP contribution in [0.4, 0.5) is 0 Å². The number of carbonyl (C=O) groups is 4. The van der Waals surface area contributed by atoms with Gasteiger partial charge in [-0.15, -0.1) is 0 Å². The number of carbonyl (C=O) groups excluding carboxylic acids is 4. The first-order valence-electron chi connectivity index (χ1n) is 30.8. The third-order valence-corrected chi connectivity index (χ3v) is 15.6. The number of unbranched alkanes of at least 4 members (excludes halogenated alkanes) is 12. The fraction of sp³-hybridized carbons (Fsp3) is 0.594. The SMILES string of the molecule is CCCCCCc1cc(CCC(=O)OCC(COC(=O)CCc2cc(C)c(O)c(CCCCCC)c2)(COC(=O)CCc2cc(C)c(O)c(CCCCCC)c2)COC(=O)CCc2cc(C)c(O)c(CCCCCC)c2)cc(C)c1O. The third kappa shape index (κ3) is 24.1. The Morgan fingerprint density at radius 2 is 0.531 bits per heavy atom. The van der Waals surface area contributed by atoms with Crippen LogP contribution in [0.15, 0.2) is 48.5 Å². The van der Waals surface area contributed by atoms with Crippen LogP contribution in [0.2, 0.25) is 0 Å². The Labute approximate surface area is 485 Å². The van der Waals surface area contributed by atoms with E-state index in [0.29, 0.717) is 25.7 Å². The summed E-state index contributed by atoms with van der Waals surface area (Å²) in [5.41, 5.74) is 8.28. The molecule has 81 heavy (non-hydrogen) atoms. The van der Waals surface area contributed by atoms with E-state index >= 15 is 0 Å². The average Bonchev–Trinajstić information content (AvgIpc) is 3.45. The van der Waals surface area contributed by atoms with Gasteiger partial charge in [0.2, 0.25) is 0 Å². The number of hydrogen-bond acceptors (Lipinski definition) is 12. The van der Waals surface area contributed by atoms with Crippen LogP contribution in [-0.4, -0.2) is 70.7 Å². The van der Waals surface area contributed by atoms with Gasteiger partial charge in [0.25, 0.3) is 0 Å². The van der Waals surface area contributed by atoms with Crippen molar-refractivity contribution in [2.75, 3.05) is 26.4 Å². The third-order valence-electron chi connectivity index (χ3n) is 15.6. The minimum atomic E-state index is -1.51. The molecule has 0 radical (unpaired) electrons. The van der Waals surface area contributed by atoms with E-state index in [4.69, 9.17) is 18.9 Å². The van der Waals surface area contributed by atoms with Crippen LogP contribution in [-0.2, 0) is 89.5 Å². The van der Waals surface area contributed by atoms with Gasteiger partial charge in [0.1, 0.15) is 54.8 Å². The predicted molar refractivity (Wildman–Crippen MR) is 322 cm³/mol. The molecule has 0 heterocycles. The molecule has 12 heteroatoms. The zero-order chi connectivity index (χ0) is 59.2. The van der Waals surface area contributed by atoms with Crippen molar-refractivity contribution in [3.05, 3.63) is 115 Å². The van der Waals surface area contributed by atoms with E-state index in [1.807, 2.05) is 76.2 Å². The van der Waals surface area contributed by atoms with E-state index < -0.39 is 55.7 Å². The minimum Gasteiger partial charge on any atom is -0.507 e. The molecule has 0 aliphatic rings. The fourth-order valence-corrected chi connectivity index (χ4v) is 10.5. The number of phenols is 4. The molecule has 4 aromatic carbocycles. The molecular formula is C69H100O12. The summed E-state index contributed by atoms with van der Waals surface area (Å²) >= 11 is 0. The first kappa shape index (κ1) is 67.5. The lowest BCUT2D eigenvalue weighted by molar-refractivity contribution is -0.170. The van der Waals surface area contributed by atoms with E-state index in [0.717, 1.165) is 195 Å². The zero-order valence-electron chi connectivity index (χ0n) is 50.8. The quantitative estimate of drug-likeness (QED) is 0.0188. The summed E-state index contributed by atoms with van der Waals surface area (Å²) < 4.78 is 24.0. The van der Waals surface area contributed by atoms with E-state index in [2.05, 4.69) is 27.7 Å². The van der Waals surface area contributed by atoms with Crippen molar-refractivity contribution >= 4 is 23.9 Å². The van der Waals surface area contributed by atoms with Gasteiger partial charge in [0.05, 0.1) is 0 Å². The van der Waals surface area contributed by atoms with Gasteiger partial charge in [0, 0.05) is 25.7 Å². The molecule has 0 fully saturated rings. The van der Waals surface area contributed by atoms with Crippen LogP contribution in [0.25, 0.3) is 0 Å². The molecule has 0 amide bonds. The molecule has 0 atom stereocenters. The number of aromatic hydroxyl groups is 4. The Kier molecular flexibility index (Phi) is 30.3. The van der Waals surface area contributed by atoms with Gasteiger partial charge in [0.15, 0.2) is 0 Å². The number of aryl methyl sites for hydroxylation is 12. The minimum absolute atomic E-state index is 0.0130. The number of hydrogen-bond donors (Lipinski definition) is 4. The molecule has 0 saturated carbocycles. The molecule has 12 nitrogen and oxygen atoms in total. The Hall–Kier alpha value is -6.04. The second kappa shape index (κ2) is 36.4. The summed E-state index contributed by atoms with van der Waals surface area (Å²) in [6.07, 6.45) is 21.0. The highest BCUT2D eigenvalue weighted by Gasteiger charge is 2.38. The topological polar surface area (TPSA) is 186 Å².